The van der Waals surface area contributed by atoms with E-state index in [1.807, 2.05) is 91.0 Å². The van der Waals surface area contributed by atoms with Gasteiger partial charge in [-0.25, -0.2) is 9.67 Å². The van der Waals surface area contributed by atoms with E-state index in [1.165, 1.54) is 11.8 Å². The van der Waals surface area contributed by atoms with Crippen LogP contribution < -0.4 is 4.90 Å². The van der Waals surface area contributed by atoms with Gasteiger partial charge in [-0.3, -0.25) is 9.69 Å². The molecule has 0 saturated carbocycles. The van der Waals surface area contributed by atoms with Gasteiger partial charge in [-0.05, 0) is 36.4 Å². The molecule has 0 bridgehead atoms. The van der Waals surface area contributed by atoms with Gasteiger partial charge in [0.2, 0.25) is 11.1 Å². The molecule has 0 aliphatic rings. The van der Waals surface area contributed by atoms with Crippen LogP contribution in [0.5, 0.6) is 0 Å². The first-order valence-electron chi connectivity index (χ1n) is 8.84. The quantitative estimate of drug-likeness (QED) is 0.450. The van der Waals surface area contributed by atoms with Crippen molar-refractivity contribution in [2.45, 2.75) is 5.16 Å². The number of hydrogen-bond donors (Lipinski definition) is 0. The molecule has 0 atom stereocenters. The number of thioether (sulfide) groups is 1. The first-order valence-corrected chi connectivity index (χ1v) is 9.83. The summed E-state index contributed by atoms with van der Waals surface area (Å²) in [6.45, 7) is 0. The third-order valence-electron chi connectivity index (χ3n) is 4.09. The van der Waals surface area contributed by atoms with Crippen LogP contribution in [0.2, 0.25) is 0 Å². The molecule has 1 heterocycles. The molecule has 4 rings (SSSR count). The number of rotatable bonds is 6. The van der Waals surface area contributed by atoms with Gasteiger partial charge in [-0.1, -0.05) is 66.4 Å². The summed E-state index contributed by atoms with van der Waals surface area (Å²) in [5.74, 6) is 0.209. The van der Waals surface area contributed by atoms with Gasteiger partial charge in [0.15, 0.2) is 0 Å². The second-order valence-electron chi connectivity index (χ2n) is 6.00. The molecular weight excluding hydrogens is 368 g/mol. The monoisotopic (exact) mass is 386 g/mol. The number of benzene rings is 3. The van der Waals surface area contributed by atoms with Crippen molar-refractivity contribution >= 4 is 29.0 Å². The van der Waals surface area contributed by atoms with Crippen molar-refractivity contribution in [2.24, 2.45) is 0 Å². The van der Waals surface area contributed by atoms with Crippen molar-refractivity contribution in [2.75, 3.05) is 10.7 Å². The highest BCUT2D eigenvalue weighted by Gasteiger charge is 2.18. The number of para-hydroxylation sites is 3. The Hall–Kier alpha value is -3.38. The zero-order chi connectivity index (χ0) is 19.2. The number of carbonyl (C=O) groups is 1. The van der Waals surface area contributed by atoms with Crippen LogP contribution in [0.3, 0.4) is 0 Å². The molecule has 0 aliphatic heterocycles. The lowest BCUT2D eigenvalue weighted by molar-refractivity contribution is -0.115. The fraction of sp³-hybridized carbons (Fsp3) is 0.0455. The number of anilines is 2. The van der Waals surface area contributed by atoms with Gasteiger partial charge in [-0.15, -0.1) is 5.10 Å². The van der Waals surface area contributed by atoms with Crippen LogP contribution in [0.25, 0.3) is 5.69 Å². The number of carbonyl (C=O) groups excluding carboxylic acids is 1. The van der Waals surface area contributed by atoms with Crippen molar-refractivity contribution in [3.63, 3.8) is 0 Å². The molecule has 28 heavy (non-hydrogen) atoms. The first-order chi connectivity index (χ1) is 13.8. The fourth-order valence-corrected chi connectivity index (χ4v) is 3.45. The Morgan fingerprint density at radius 1 is 0.821 bits per heavy atom. The Morgan fingerprint density at radius 3 is 1.93 bits per heavy atom. The summed E-state index contributed by atoms with van der Waals surface area (Å²) in [7, 11) is 0. The summed E-state index contributed by atoms with van der Waals surface area (Å²) < 4.78 is 1.71. The highest BCUT2D eigenvalue weighted by atomic mass is 32.2. The molecular formula is C22H18N4OS. The molecule has 5 nitrogen and oxygen atoms in total. The zero-order valence-corrected chi connectivity index (χ0v) is 15.9. The maximum absolute atomic E-state index is 13.0. The molecule has 4 aromatic rings. The first kappa shape index (κ1) is 18.0. The van der Waals surface area contributed by atoms with Gasteiger partial charge in [0.25, 0.3) is 0 Å². The van der Waals surface area contributed by atoms with Crippen molar-refractivity contribution < 1.29 is 4.79 Å². The second kappa shape index (κ2) is 8.54. The average molecular weight is 386 g/mol. The van der Waals surface area contributed by atoms with Crippen molar-refractivity contribution in [3.8, 4) is 5.69 Å². The molecule has 0 fully saturated rings. The Morgan fingerprint density at radius 2 is 1.36 bits per heavy atom. The fourth-order valence-electron chi connectivity index (χ4n) is 2.80. The van der Waals surface area contributed by atoms with E-state index in [-0.39, 0.29) is 11.7 Å². The third-order valence-corrected chi connectivity index (χ3v) is 4.93. The maximum Gasteiger partial charge on any atom is 0.242 e. The number of aromatic nitrogens is 3. The Kier molecular flexibility index (Phi) is 5.49. The van der Waals surface area contributed by atoms with Crippen LogP contribution in [0.1, 0.15) is 0 Å². The number of hydrogen-bond acceptors (Lipinski definition) is 4. The predicted octanol–water partition coefficient (Wildman–Crippen LogP) is 4.72. The molecule has 0 spiro atoms. The topological polar surface area (TPSA) is 51.0 Å². The van der Waals surface area contributed by atoms with E-state index in [0.717, 1.165) is 17.1 Å². The summed E-state index contributed by atoms with van der Waals surface area (Å²) in [5.41, 5.74) is 2.60. The van der Waals surface area contributed by atoms with Gasteiger partial charge < -0.3 is 0 Å². The SMILES string of the molecule is O=C(CSc1ncn(-c2ccccc2)n1)N(c1ccccc1)c1ccccc1. The third kappa shape index (κ3) is 4.13. The standard InChI is InChI=1S/C22H18N4OS/c27-21(16-28-22-23-17-25(24-22)18-10-4-1-5-11-18)26(19-12-6-2-7-13-19)20-14-8-3-9-15-20/h1-15,17H,16H2. The molecule has 1 amide bonds. The van der Waals surface area contributed by atoms with E-state index in [4.69, 9.17) is 0 Å². The molecule has 138 valence electrons. The molecule has 1 aromatic heterocycles. The minimum atomic E-state index is -0.0292. The molecule has 0 aliphatic carbocycles. The van der Waals surface area contributed by atoms with E-state index < -0.39 is 0 Å². The van der Waals surface area contributed by atoms with Gasteiger partial charge in [0.05, 0.1) is 11.4 Å². The lowest BCUT2D eigenvalue weighted by atomic mass is 10.2. The lowest BCUT2D eigenvalue weighted by Gasteiger charge is -2.22. The van der Waals surface area contributed by atoms with Crippen LogP contribution in [0.4, 0.5) is 11.4 Å². The van der Waals surface area contributed by atoms with Gasteiger partial charge in [0.1, 0.15) is 6.33 Å². The maximum atomic E-state index is 13.0. The van der Waals surface area contributed by atoms with Crippen LogP contribution in [-0.4, -0.2) is 26.4 Å². The summed E-state index contributed by atoms with van der Waals surface area (Å²) in [6, 6.07) is 29.1. The van der Waals surface area contributed by atoms with Crippen molar-refractivity contribution in [1.29, 1.82) is 0 Å². The van der Waals surface area contributed by atoms with Crippen molar-refractivity contribution in [3.05, 3.63) is 97.3 Å². The highest BCUT2D eigenvalue weighted by molar-refractivity contribution is 7.99. The summed E-state index contributed by atoms with van der Waals surface area (Å²) in [4.78, 5) is 19.1. The minimum absolute atomic E-state index is 0.0292. The summed E-state index contributed by atoms with van der Waals surface area (Å²) in [5, 5.41) is 5.02. The smallest absolute Gasteiger partial charge is 0.242 e. The number of nitrogens with zero attached hydrogens (tertiary/aromatic N) is 4. The largest absolute Gasteiger partial charge is 0.280 e. The highest BCUT2D eigenvalue weighted by Crippen LogP contribution is 2.26. The summed E-state index contributed by atoms with van der Waals surface area (Å²) >= 11 is 1.33. The number of amides is 1. The van der Waals surface area contributed by atoms with E-state index in [2.05, 4.69) is 10.1 Å². The van der Waals surface area contributed by atoms with Crippen LogP contribution >= 0.6 is 11.8 Å². The van der Waals surface area contributed by atoms with Crippen LogP contribution in [0.15, 0.2) is 102 Å². The normalized spacial score (nSPS) is 10.6. The molecule has 0 N–H and O–H groups in total. The predicted molar refractivity (Wildman–Crippen MR) is 112 cm³/mol. The Bertz CT molecular complexity index is 996. The molecule has 0 unspecified atom stereocenters. The summed E-state index contributed by atoms with van der Waals surface area (Å²) in [6.07, 6.45) is 1.66. The van der Waals surface area contributed by atoms with Crippen LogP contribution in [0, 0.1) is 0 Å². The molecule has 3 aromatic carbocycles. The van der Waals surface area contributed by atoms with E-state index in [1.54, 1.807) is 15.9 Å². The molecule has 0 radical (unpaired) electrons. The van der Waals surface area contributed by atoms with Crippen LogP contribution in [-0.2, 0) is 4.79 Å². The Labute approximate surface area is 167 Å². The zero-order valence-electron chi connectivity index (χ0n) is 15.1. The molecule has 6 heteroatoms. The average Bonchev–Trinajstić information content (AvgIpc) is 3.24. The van der Waals surface area contributed by atoms with E-state index in [9.17, 15) is 4.79 Å². The van der Waals surface area contributed by atoms with E-state index >= 15 is 0 Å². The second-order valence-corrected chi connectivity index (χ2v) is 6.94. The van der Waals surface area contributed by atoms with Gasteiger partial charge in [-0.2, -0.15) is 0 Å². The molecule has 0 saturated heterocycles. The lowest BCUT2D eigenvalue weighted by Crippen LogP contribution is -2.27. The van der Waals surface area contributed by atoms with Crippen molar-refractivity contribution in [1.82, 2.24) is 14.8 Å². The van der Waals surface area contributed by atoms with E-state index in [0.29, 0.717) is 5.16 Å². The van der Waals surface area contributed by atoms with Gasteiger partial charge >= 0.3 is 0 Å². The minimum Gasteiger partial charge on any atom is -0.280 e. The Balaban J connectivity index is 1.50. The van der Waals surface area contributed by atoms with Gasteiger partial charge in [0, 0.05) is 11.4 Å².